The largest absolute Gasteiger partial charge is 0.147 e. The Labute approximate surface area is 202 Å². The van der Waals surface area contributed by atoms with Crippen LogP contribution >= 0.6 is 24.8 Å². The predicted octanol–water partition coefficient (Wildman–Crippen LogP) is 7.86. The Morgan fingerprint density at radius 3 is 2.32 bits per heavy atom. The van der Waals surface area contributed by atoms with E-state index in [-0.39, 0.29) is 30.2 Å². The maximum Gasteiger partial charge on any atom is -0.147 e. The molecule has 0 heterocycles. The van der Waals surface area contributed by atoms with Gasteiger partial charge >= 0.3 is 41.9 Å². The Kier molecular flexibility index (Phi) is 15.8. The molecule has 4 unspecified atom stereocenters. The molecule has 0 aliphatic heterocycles. The van der Waals surface area contributed by atoms with Gasteiger partial charge in [0.15, 0.2) is 0 Å². The molecule has 0 aromatic heterocycles. The van der Waals surface area contributed by atoms with Gasteiger partial charge < -0.3 is 6.42 Å². The third kappa shape index (κ3) is 8.79. The summed E-state index contributed by atoms with van der Waals surface area (Å²) in [5.41, 5.74) is 3.16. The fourth-order valence-corrected chi connectivity index (χ4v) is 4.70. The molecule has 0 N–H and O–H groups in total. The molecule has 4 rings (SSSR count). The summed E-state index contributed by atoms with van der Waals surface area (Å²) in [5, 5.41) is 0. The molecule has 0 amide bonds. The molecule has 156 valence electrons. The second-order valence-corrected chi connectivity index (χ2v) is 17.4. The summed E-state index contributed by atoms with van der Waals surface area (Å²) >= 11 is 1.74. The Morgan fingerprint density at radius 1 is 1.07 bits per heavy atom. The molecule has 0 spiro atoms. The molecule has 0 aromatic rings. The molecule has 0 nitrogen and oxygen atoms in total. The Morgan fingerprint density at radius 2 is 1.71 bits per heavy atom. The first-order chi connectivity index (χ1) is 12.6. The minimum atomic E-state index is 0. The quantitative estimate of drug-likeness (QED) is 0.259. The van der Waals surface area contributed by atoms with Crippen LogP contribution in [-0.2, 0) is 23.3 Å². The summed E-state index contributed by atoms with van der Waals surface area (Å²) in [6, 6.07) is 0. The zero-order chi connectivity index (χ0) is 18.9. The molecule has 0 aromatic carbocycles. The standard InChI is InChI=1S/C13H17.C9H13.C2H6Si.2ClH.Zr/c1-3-7-12-10(5-1)9-11-6-2-4-8-13(11)12;1-3-8-6-5-7-9(8)4-2;1-3-2;;;/h1,3,5,7,9-13H,2,4,6,8H2;6H,3-5H2,1-2H3;1-2H3;2*1H;/q2*-1;;;;+2. The first kappa shape index (κ1) is 28.6. The van der Waals surface area contributed by atoms with Crippen molar-refractivity contribution in [1.82, 2.24) is 0 Å². The zero-order valence-electron chi connectivity index (χ0n) is 18.0. The molecule has 4 atom stereocenters. The number of fused-ring (bicyclic) bond motifs is 3. The molecule has 2 fully saturated rings. The van der Waals surface area contributed by atoms with Crippen LogP contribution in [0.2, 0.25) is 13.1 Å². The van der Waals surface area contributed by atoms with Gasteiger partial charge in [0.2, 0.25) is 0 Å². The van der Waals surface area contributed by atoms with Crippen LogP contribution in [0.4, 0.5) is 0 Å². The fraction of sp³-hybridized carbons (Fsp3) is 0.625. The van der Waals surface area contributed by atoms with Gasteiger partial charge in [-0.3, -0.25) is 6.08 Å². The monoisotopic (exact) mass is 514 g/mol. The predicted molar refractivity (Wildman–Crippen MR) is 127 cm³/mol. The van der Waals surface area contributed by atoms with E-state index in [9.17, 15) is 0 Å². The third-order valence-corrected chi connectivity index (χ3v) is 5.85. The Balaban J connectivity index is 0.000000432. The van der Waals surface area contributed by atoms with E-state index in [4.69, 9.17) is 0 Å². The van der Waals surface area contributed by atoms with Crippen LogP contribution in [0.25, 0.3) is 0 Å². The van der Waals surface area contributed by atoms with E-state index in [1.807, 2.05) is 0 Å². The van der Waals surface area contributed by atoms with Gasteiger partial charge in [0.1, 0.15) is 0 Å². The van der Waals surface area contributed by atoms with E-state index in [2.05, 4.69) is 69.8 Å². The summed E-state index contributed by atoms with van der Waals surface area (Å²) in [6.07, 6.45) is 26.8. The van der Waals surface area contributed by atoms with E-state index >= 15 is 0 Å². The molecule has 4 aliphatic carbocycles. The smallest absolute Gasteiger partial charge is 0.147 e. The zero-order valence-corrected chi connectivity index (χ0v) is 23.1. The molecular weight excluding hydrogens is 478 g/mol. The van der Waals surface area contributed by atoms with Crippen molar-refractivity contribution < 1.29 is 23.3 Å². The van der Waals surface area contributed by atoms with Crippen molar-refractivity contribution in [3.05, 3.63) is 54.0 Å². The summed E-state index contributed by atoms with van der Waals surface area (Å²) in [7, 11) is 0. The van der Waals surface area contributed by atoms with Crippen molar-refractivity contribution >= 4 is 30.2 Å². The van der Waals surface area contributed by atoms with Crippen molar-refractivity contribution in [2.45, 2.75) is 71.9 Å². The number of halogens is 2. The molecule has 0 radical (unpaired) electrons. The van der Waals surface area contributed by atoms with Crippen molar-refractivity contribution in [2.24, 2.45) is 23.7 Å². The number of rotatable bonds is 2. The van der Waals surface area contributed by atoms with Gasteiger partial charge in [-0.1, -0.05) is 76.5 Å². The van der Waals surface area contributed by atoms with E-state index < -0.39 is 0 Å². The van der Waals surface area contributed by atoms with Gasteiger partial charge in [-0.15, -0.1) is 43.2 Å². The molecule has 28 heavy (non-hydrogen) atoms. The second-order valence-electron chi connectivity index (χ2n) is 8.03. The maximum atomic E-state index is 3.33. The van der Waals surface area contributed by atoms with E-state index in [1.54, 1.807) is 23.3 Å². The van der Waals surface area contributed by atoms with Crippen LogP contribution in [-0.4, -0.2) is 5.43 Å². The van der Waals surface area contributed by atoms with Crippen molar-refractivity contribution in [1.29, 1.82) is 0 Å². The number of hydrogen-bond donors (Lipinski definition) is 0. The van der Waals surface area contributed by atoms with Gasteiger partial charge in [-0.05, 0) is 5.92 Å². The van der Waals surface area contributed by atoms with Crippen LogP contribution in [0.1, 0.15) is 58.8 Å². The minimum absolute atomic E-state index is 0. The van der Waals surface area contributed by atoms with Crippen molar-refractivity contribution in [3.63, 3.8) is 0 Å². The number of hydrogen-bond acceptors (Lipinski definition) is 0. The van der Waals surface area contributed by atoms with Gasteiger partial charge in [0.05, 0.1) is 0 Å². The summed E-state index contributed by atoms with van der Waals surface area (Å²) in [4.78, 5) is 0. The van der Waals surface area contributed by atoms with Crippen LogP contribution in [0, 0.1) is 36.2 Å². The van der Waals surface area contributed by atoms with Crippen LogP contribution < -0.4 is 0 Å². The third-order valence-electron chi connectivity index (χ3n) is 5.85. The van der Waals surface area contributed by atoms with Gasteiger partial charge in [0, 0.05) is 0 Å². The molecular formula is C24H38Cl2SiZr. The Bertz CT molecular complexity index is 569. The van der Waals surface area contributed by atoms with Crippen LogP contribution in [0.5, 0.6) is 0 Å². The average molecular weight is 517 g/mol. The van der Waals surface area contributed by atoms with Crippen molar-refractivity contribution in [2.75, 3.05) is 0 Å². The summed E-state index contributed by atoms with van der Waals surface area (Å²) in [5.74, 6) is 3.56. The second kappa shape index (κ2) is 15.4. The van der Waals surface area contributed by atoms with Gasteiger partial charge in [-0.25, -0.2) is 5.57 Å². The van der Waals surface area contributed by atoms with Gasteiger partial charge in [-0.2, -0.15) is 17.6 Å². The van der Waals surface area contributed by atoms with Crippen LogP contribution in [0.15, 0.2) is 41.5 Å². The fourth-order valence-electron chi connectivity index (χ4n) is 4.70. The Hall–Kier alpha value is 0.640. The first-order valence-electron chi connectivity index (χ1n) is 10.6. The molecule has 4 heteroatoms. The minimum Gasteiger partial charge on any atom is -0.147 e. The van der Waals surface area contributed by atoms with Crippen LogP contribution in [0.3, 0.4) is 0 Å². The average Bonchev–Trinajstić information content (AvgIpc) is 3.25. The molecule has 0 saturated heterocycles. The van der Waals surface area contributed by atoms with E-state index in [0.29, 0.717) is 0 Å². The summed E-state index contributed by atoms with van der Waals surface area (Å²) in [6.45, 7) is 9.01. The first-order valence-corrected chi connectivity index (χ1v) is 16.8. The molecule has 2 saturated carbocycles. The normalized spacial score (nSPS) is 28.6. The molecule has 0 bridgehead atoms. The molecule has 4 aliphatic rings. The number of allylic oxidation sites excluding steroid dienone is 8. The maximum absolute atomic E-state index is 3.33. The van der Waals surface area contributed by atoms with Gasteiger partial charge in [0.25, 0.3) is 0 Å². The van der Waals surface area contributed by atoms with E-state index in [1.165, 1.54) is 43.3 Å². The topological polar surface area (TPSA) is 0 Å². The van der Waals surface area contributed by atoms with E-state index in [0.717, 1.165) is 36.5 Å². The SMILES string of the molecule is C1=CC2[CH-]C3CCCCC3C2C=C1.CCC1=[C-]CC=C1CC.C[Si](C)=[Zr+2].Cl.Cl. The van der Waals surface area contributed by atoms with Crippen molar-refractivity contribution in [3.8, 4) is 0 Å². The summed E-state index contributed by atoms with van der Waals surface area (Å²) < 4.78 is 0.